The van der Waals surface area contributed by atoms with Gasteiger partial charge in [0.15, 0.2) is 0 Å². The van der Waals surface area contributed by atoms with Gasteiger partial charge in [0.2, 0.25) is 5.91 Å². The lowest BCUT2D eigenvalue weighted by Gasteiger charge is -2.17. The third-order valence-electron chi connectivity index (χ3n) is 2.71. The summed E-state index contributed by atoms with van der Waals surface area (Å²) in [5.74, 6) is 0.0373. The summed E-state index contributed by atoms with van der Waals surface area (Å²) in [6.45, 7) is 6.52. The molecule has 0 aromatic carbocycles. The highest BCUT2D eigenvalue weighted by atomic mass is 16.2. The fourth-order valence-electron chi connectivity index (χ4n) is 1.32. The maximum absolute atomic E-state index is 11.7. The number of rotatable bonds is 6. The third-order valence-corrected chi connectivity index (χ3v) is 2.71. The molecule has 2 N–H and O–H groups in total. The first-order valence-electron chi connectivity index (χ1n) is 6.07. The lowest BCUT2D eigenvalue weighted by Crippen LogP contribution is -2.45. The highest BCUT2D eigenvalue weighted by Gasteiger charge is 2.13. The number of nitrogens with one attached hydrogen (secondary N) is 2. The number of hydrogen-bond donors (Lipinski definition) is 2. The van der Waals surface area contributed by atoms with Gasteiger partial charge in [-0.2, -0.15) is 0 Å². The summed E-state index contributed by atoms with van der Waals surface area (Å²) in [7, 11) is 0. The smallest absolute Gasteiger partial charge is 0.237 e. The van der Waals surface area contributed by atoms with E-state index >= 15 is 0 Å². The summed E-state index contributed by atoms with van der Waals surface area (Å²) < 4.78 is 0. The molecule has 1 aromatic heterocycles. The standard InChI is InChI=1S/C13H21N3O/c1-4-10(2)16-13(17)11(3)15-9-12-7-5-6-8-14-12/h5-8,10-11,15H,4,9H2,1-3H3,(H,16,17). The van der Waals surface area contributed by atoms with E-state index in [4.69, 9.17) is 0 Å². The molecule has 0 fully saturated rings. The summed E-state index contributed by atoms with van der Waals surface area (Å²) in [4.78, 5) is 15.9. The second-order valence-electron chi connectivity index (χ2n) is 4.24. The van der Waals surface area contributed by atoms with Gasteiger partial charge in [0.05, 0.1) is 11.7 Å². The van der Waals surface area contributed by atoms with E-state index in [0.717, 1.165) is 12.1 Å². The molecule has 1 rings (SSSR count). The monoisotopic (exact) mass is 235 g/mol. The summed E-state index contributed by atoms with van der Waals surface area (Å²) in [5.41, 5.74) is 0.940. The van der Waals surface area contributed by atoms with Gasteiger partial charge in [-0.15, -0.1) is 0 Å². The average Bonchev–Trinajstić information content (AvgIpc) is 2.36. The molecule has 2 atom stereocenters. The molecule has 0 saturated heterocycles. The lowest BCUT2D eigenvalue weighted by molar-refractivity contribution is -0.123. The van der Waals surface area contributed by atoms with E-state index in [9.17, 15) is 4.79 Å². The molecule has 0 bridgehead atoms. The van der Waals surface area contributed by atoms with Crippen molar-refractivity contribution in [3.8, 4) is 0 Å². The summed E-state index contributed by atoms with van der Waals surface area (Å²) >= 11 is 0. The Morgan fingerprint density at radius 2 is 2.18 bits per heavy atom. The van der Waals surface area contributed by atoms with Crippen LogP contribution in [0.2, 0.25) is 0 Å². The minimum Gasteiger partial charge on any atom is -0.352 e. The van der Waals surface area contributed by atoms with Gasteiger partial charge in [0.1, 0.15) is 0 Å². The van der Waals surface area contributed by atoms with E-state index in [-0.39, 0.29) is 18.0 Å². The van der Waals surface area contributed by atoms with Gasteiger partial charge in [-0.25, -0.2) is 0 Å². The molecular formula is C13H21N3O. The van der Waals surface area contributed by atoms with Crippen molar-refractivity contribution in [1.29, 1.82) is 0 Å². The van der Waals surface area contributed by atoms with Gasteiger partial charge in [-0.05, 0) is 32.4 Å². The Hall–Kier alpha value is -1.42. The van der Waals surface area contributed by atoms with Crippen LogP contribution in [0.5, 0.6) is 0 Å². The van der Waals surface area contributed by atoms with Crippen LogP contribution < -0.4 is 10.6 Å². The summed E-state index contributed by atoms with van der Waals surface area (Å²) in [6.07, 6.45) is 2.69. The minimum atomic E-state index is -0.203. The van der Waals surface area contributed by atoms with Gasteiger partial charge >= 0.3 is 0 Å². The topological polar surface area (TPSA) is 54.0 Å². The number of carbonyl (C=O) groups is 1. The molecule has 0 radical (unpaired) electrons. The SMILES string of the molecule is CCC(C)NC(=O)C(C)NCc1ccccn1. The molecule has 4 nitrogen and oxygen atoms in total. The molecule has 17 heavy (non-hydrogen) atoms. The van der Waals surface area contributed by atoms with E-state index in [1.807, 2.05) is 32.0 Å². The predicted octanol–water partition coefficient (Wildman–Crippen LogP) is 1.47. The molecule has 2 unspecified atom stereocenters. The first-order valence-corrected chi connectivity index (χ1v) is 6.07. The number of pyridine rings is 1. The van der Waals surface area contributed by atoms with E-state index in [2.05, 4.69) is 22.5 Å². The summed E-state index contributed by atoms with van der Waals surface area (Å²) in [6, 6.07) is 5.77. The number of hydrogen-bond acceptors (Lipinski definition) is 3. The van der Waals surface area contributed by atoms with E-state index in [1.54, 1.807) is 6.20 Å². The van der Waals surface area contributed by atoms with Crippen molar-refractivity contribution in [2.75, 3.05) is 0 Å². The quantitative estimate of drug-likeness (QED) is 0.785. The zero-order valence-electron chi connectivity index (χ0n) is 10.7. The highest BCUT2D eigenvalue weighted by molar-refractivity contribution is 5.81. The molecule has 0 aliphatic heterocycles. The fourth-order valence-corrected chi connectivity index (χ4v) is 1.32. The Bertz CT molecular complexity index is 340. The first kappa shape index (κ1) is 13.6. The molecule has 1 aromatic rings. The molecule has 0 aliphatic rings. The maximum atomic E-state index is 11.7. The second-order valence-corrected chi connectivity index (χ2v) is 4.24. The van der Waals surface area contributed by atoms with E-state index < -0.39 is 0 Å². The number of nitrogens with zero attached hydrogens (tertiary/aromatic N) is 1. The van der Waals surface area contributed by atoms with Crippen molar-refractivity contribution in [3.05, 3.63) is 30.1 Å². The van der Waals surface area contributed by atoms with Crippen molar-refractivity contribution < 1.29 is 4.79 Å². The number of aromatic nitrogens is 1. The van der Waals surface area contributed by atoms with Crippen LogP contribution in [0.4, 0.5) is 0 Å². The Labute approximate surface area is 103 Å². The van der Waals surface area contributed by atoms with Crippen molar-refractivity contribution in [2.24, 2.45) is 0 Å². The maximum Gasteiger partial charge on any atom is 0.237 e. The molecule has 0 aliphatic carbocycles. The van der Waals surface area contributed by atoms with Crippen LogP contribution in [-0.2, 0) is 11.3 Å². The summed E-state index contributed by atoms with van der Waals surface area (Å²) in [5, 5.41) is 6.10. The highest BCUT2D eigenvalue weighted by Crippen LogP contribution is 1.95. The molecule has 94 valence electrons. The third kappa shape index (κ3) is 4.95. The first-order chi connectivity index (χ1) is 8.13. The van der Waals surface area contributed by atoms with Crippen LogP contribution in [0.25, 0.3) is 0 Å². The van der Waals surface area contributed by atoms with Crippen molar-refractivity contribution in [1.82, 2.24) is 15.6 Å². The largest absolute Gasteiger partial charge is 0.352 e. The van der Waals surface area contributed by atoms with Crippen molar-refractivity contribution >= 4 is 5.91 Å². The minimum absolute atomic E-state index is 0.0373. The predicted molar refractivity (Wildman–Crippen MR) is 68.4 cm³/mol. The fraction of sp³-hybridized carbons (Fsp3) is 0.538. The van der Waals surface area contributed by atoms with E-state index in [0.29, 0.717) is 6.54 Å². The van der Waals surface area contributed by atoms with Crippen LogP contribution in [0.15, 0.2) is 24.4 Å². The Morgan fingerprint density at radius 3 is 2.76 bits per heavy atom. The van der Waals surface area contributed by atoms with Gasteiger partial charge < -0.3 is 10.6 Å². The zero-order valence-corrected chi connectivity index (χ0v) is 10.7. The number of amides is 1. The zero-order chi connectivity index (χ0) is 12.7. The molecular weight excluding hydrogens is 214 g/mol. The van der Waals surface area contributed by atoms with Gasteiger partial charge in [-0.1, -0.05) is 13.0 Å². The molecule has 1 heterocycles. The normalized spacial score (nSPS) is 14.1. The van der Waals surface area contributed by atoms with E-state index in [1.165, 1.54) is 0 Å². The van der Waals surface area contributed by atoms with Gasteiger partial charge in [0, 0.05) is 18.8 Å². The number of carbonyl (C=O) groups excluding carboxylic acids is 1. The van der Waals surface area contributed by atoms with Crippen LogP contribution in [0.3, 0.4) is 0 Å². The van der Waals surface area contributed by atoms with Gasteiger partial charge in [0.25, 0.3) is 0 Å². The lowest BCUT2D eigenvalue weighted by atomic mass is 10.2. The Balaban J connectivity index is 2.34. The molecule has 0 saturated carbocycles. The van der Waals surface area contributed by atoms with Crippen LogP contribution in [0, 0.1) is 0 Å². The average molecular weight is 235 g/mol. The molecule has 0 spiro atoms. The Morgan fingerprint density at radius 1 is 1.41 bits per heavy atom. The molecule has 1 amide bonds. The second kappa shape index (κ2) is 7.01. The van der Waals surface area contributed by atoms with Crippen molar-refractivity contribution in [3.63, 3.8) is 0 Å². The van der Waals surface area contributed by atoms with Crippen LogP contribution >= 0.6 is 0 Å². The molecule has 4 heteroatoms. The Kier molecular flexibility index (Phi) is 5.63. The van der Waals surface area contributed by atoms with Crippen LogP contribution in [-0.4, -0.2) is 23.0 Å². The van der Waals surface area contributed by atoms with Crippen LogP contribution in [0.1, 0.15) is 32.9 Å². The van der Waals surface area contributed by atoms with Gasteiger partial charge in [-0.3, -0.25) is 9.78 Å². The van der Waals surface area contributed by atoms with Crippen molar-refractivity contribution in [2.45, 2.75) is 45.8 Å².